The van der Waals surface area contributed by atoms with Crippen molar-refractivity contribution in [3.63, 3.8) is 0 Å². The van der Waals surface area contributed by atoms with Crippen LogP contribution < -0.4 is 9.47 Å². The lowest BCUT2D eigenvalue weighted by Crippen LogP contribution is -2.38. The Morgan fingerprint density at radius 1 is 0.455 bits per heavy atom. The highest BCUT2D eigenvalue weighted by atomic mass is 16.5. The van der Waals surface area contributed by atoms with E-state index in [4.69, 9.17) is 9.47 Å². The molecule has 2 aliphatic heterocycles. The second-order valence-corrected chi connectivity index (χ2v) is 14.1. The van der Waals surface area contributed by atoms with E-state index in [-0.39, 0.29) is 35.3 Å². The zero-order chi connectivity index (χ0) is 38.8. The Hall–Kier alpha value is -7.08. The van der Waals surface area contributed by atoms with Crippen molar-refractivity contribution in [2.24, 2.45) is 11.8 Å². The van der Waals surface area contributed by atoms with Crippen molar-refractivity contribution in [3.8, 4) is 23.0 Å². The molecule has 0 saturated carbocycles. The van der Waals surface area contributed by atoms with Crippen molar-refractivity contribution in [2.75, 3.05) is 13.1 Å². The Labute approximate surface area is 313 Å². The van der Waals surface area contributed by atoms with Gasteiger partial charge in [0.25, 0.3) is 23.6 Å². The minimum absolute atomic E-state index is 0.166. The van der Waals surface area contributed by atoms with Crippen LogP contribution in [0.4, 0.5) is 0 Å². The molecule has 12 nitrogen and oxygen atoms in total. The van der Waals surface area contributed by atoms with Gasteiger partial charge >= 0.3 is 0 Å². The molecule has 8 rings (SSSR count). The monoisotopic (exact) mass is 734 g/mol. The zero-order valence-electron chi connectivity index (χ0n) is 29.4. The van der Waals surface area contributed by atoms with Crippen LogP contribution in [0.2, 0.25) is 0 Å². The fraction of sp³-hybridized carbons (Fsp3) is 0.163. The van der Waals surface area contributed by atoms with E-state index >= 15 is 0 Å². The molecule has 272 valence electrons. The van der Waals surface area contributed by atoms with Crippen LogP contribution in [0.3, 0.4) is 0 Å². The average Bonchev–Trinajstić information content (AvgIpc) is 3.82. The Kier molecular flexibility index (Phi) is 8.33. The minimum Gasteiger partial charge on any atom is -0.457 e. The summed E-state index contributed by atoms with van der Waals surface area (Å²) in [5.74, 6) is -4.85. The number of carbonyl (C=O) groups is 8. The Morgan fingerprint density at radius 2 is 0.800 bits per heavy atom. The normalized spacial score (nSPS) is 18.9. The predicted molar refractivity (Wildman–Crippen MR) is 194 cm³/mol. The second kappa shape index (κ2) is 13.1. The first-order chi connectivity index (χ1) is 26.3. The van der Waals surface area contributed by atoms with Crippen molar-refractivity contribution in [2.45, 2.75) is 19.3 Å². The summed E-state index contributed by atoms with van der Waals surface area (Å²) in [6, 6.07) is 24.0. The standard InChI is InChI=1S/C43H30N2O10/c1-43(2,23-5-3-7-25(17-23)54-27-9-11-29-31(19-27)41(52)33(39(29)50)21-44-35(46)13-14-36(44)47)24-6-4-8-26(18-24)55-28-10-12-30-32(20-28)42(53)34(40(30)51)22-45-37(48)15-16-38(45)49/h3-20,33-34H,21-22H2,1-2H3. The molecule has 2 heterocycles. The van der Waals surface area contributed by atoms with E-state index in [1.807, 2.05) is 50.2 Å². The Balaban J connectivity index is 0.965. The van der Waals surface area contributed by atoms with Gasteiger partial charge in [-0.2, -0.15) is 0 Å². The molecule has 12 heteroatoms. The van der Waals surface area contributed by atoms with Gasteiger partial charge < -0.3 is 9.47 Å². The van der Waals surface area contributed by atoms with Gasteiger partial charge in [-0.15, -0.1) is 0 Å². The van der Waals surface area contributed by atoms with Gasteiger partial charge in [0.05, 0.1) is 0 Å². The van der Waals surface area contributed by atoms with Crippen LogP contribution in [0.25, 0.3) is 0 Å². The summed E-state index contributed by atoms with van der Waals surface area (Å²) in [6.45, 7) is 3.41. The molecule has 2 aliphatic carbocycles. The number of ether oxygens (including phenoxy) is 2. The smallest absolute Gasteiger partial charge is 0.253 e. The summed E-state index contributed by atoms with van der Waals surface area (Å²) in [5.41, 5.74) is 1.96. The van der Waals surface area contributed by atoms with E-state index in [0.717, 1.165) is 45.2 Å². The van der Waals surface area contributed by atoms with Crippen LogP contribution in [0.15, 0.2) is 109 Å². The number of Topliss-reactive ketones (excluding diaryl/α,β-unsaturated/α-hetero) is 4. The number of nitrogens with zero attached hydrogens (tertiary/aromatic N) is 2. The summed E-state index contributed by atoms with van der Waals surface area (Å²) < 4.78 is 12.3. The van der Waals surface area contributed by atoms with Crippen LogP contribution in [0.1, 0.15) is 66.4 Å². The van der Waals surface area contributed by atoms with E-state index in [1.165, 1.54) is 24.3 Å². The first-order valence-corrected chi connectivity index (χ1v) is 17.4. The lowest BCUT2D eigenvalue weighted by Gasteiger charge is -2.27. The van der Waals surface area contributed by atoms with Crippen LogP contribution in [0.5, 0.6) is 23.0 Å². The largest absolute Gasteiger partial charge is 0.457 e. The maximum absolute atomic E-state index is 13.3. The topological polar surface area (TPSA) is 162 Å². The number of ketones is 4. The van der Waals surface area contributed by atoms with E-state index in [1.54, 1.807) is 24.3 Å². The lowest BCUT2D eigenvalue weighted by atomic mass is 9.78. The van der Waals surface area contributed by atoms with Crippen molar-refractivity contribution < 1.29 is 47.8 Å². The van der Waals surface area contributed by atoms with Crippen LogP contribution >= 0.6 is 0 Å². The van der Waals surface area contributed by atoms with E-state index in [0.29, 0.717) is 23.0 Å². The number of amides is 4. The highest BCUT2D eigenvalue weighted by Gasteiger charge is 2.43. The zero-order valence-corrected chi connectivity index (χ0v) is 29.4. The molecule has 0 aromatic heterocycles. The highest BCUT2D eigenvalue weighted by Crippen LogP contribution is 2.39. The molecular formula is C43H30N2O10. The first kappa shape index (κ1) is 35.0. The molecule has 2 unspecified atom stereocenters. The van der Waals surface area contributed by atoms with Gasteiger partial charge in [0.1, 0.15) is 34.8 Å². The van der Waals surface area contributed by atoms with Crippen molar-refractivity contribution in [1.29, 1.82) is 0 Å². The van der Waals surface area contributed by atoms with Gasteiger partial charge in [-0.05, 0) is 71.8 Å². The van der Waals surface area contributed by atoms with Crippen molar-refractivity contribution >= 4 is 46.8 Å². The number of hydrogen-bond acceptors (Lipinski definition) is 10. The van der Waals surface area contributed by atoms with E-state index < -0.39 is 64.0 Å². The number of fused-ring (bicyclic) bond motifs is 2. The molecule has 4 amide bonds. The summed E-state index contributed by atoms with van der Waals surface area (Å²) in [6.07, 6.45) is 4.44. The maximum atomic E-state index is 13.3. The lowest BCUT2D eigenvalue weighted by molar-refractivity contribution is -0.138. The van der Waals surface area contributed by atoms with Gasteiger partial charge in [-0.1, -0.05) is 38.1 Å². The van der Waals surface area contributed by atoms with Crippen LogP contribution in [-0.2, 0) is 24.6 Å². The number of hydrogen-bond donors (Lipinski definition) is 0. The molecule has 4 aromatic carbocycles. The molecule has 0 N–H and O–H groups in total. The van der Waals surface area contributed by atoms with Crippen molar-refractivity contribution in [3.05, 3.63) is 143 Å². The quantitative estimate of drug-likeness (QED) is 0.152. The number of rotatable bonds is 10. The third-order valence-electron chi connectivity index (χ3n) is 10.4. The van der Waals surface area contributed by atoms with Crippen LogP contribution in [0, 0.1) is 11.8 Å². The van der Waals surface area contributed by atoms with Crippen molar-refractivity contribution in [1.82, 2.24) is 9.80 Å². The molecule has 4 aromatic rings. The predicted octanol–water partition coefficient (Wildman–Crippen LogP) is 5.44. The molecule has 55 heavy (non-hydrogen) atoms. The fourth-order valence-electron chi connectivity index (χ4n) is 7.25. The Morgan fingerprint density at radius 3 is 1.18 bits per heavy atom. The molecule has 0 fully saturated rings. The molecular weight excluding hydrogens is 704 g/mol. The highest BCUT2D eigenvalue weighted by molar-refractivity contribution is 6.28. The van der Waals surface area contributed by atoms with Gasteiger partial charge in [0.2, 0.25) is 0 Å². The molecule has 0 spiro atoms. The van der Waals surface area contributed by atoms with Gasteiger partial charge in [0, 0.05) is 65.1 Å². The minimum atomic E-state index is -1.17. The number of benzene rings is 4. The third-order valence-corrected chi connectivity index (χ3v) is 10.4. The first-order valence-electron chi connectivity index (χ1n) is 17.4. The summed E-state index contributed by atoms with van der Waals surface area (Å²) in [4.78, 5) is 103. The maximum Gasteiger partial charge on any atom is 0.253 e. The molecule has 0 bridgehead atoms. The fourth-order valence-corrected chi connectivity index (χ4v) is 7.25. The third kappa shape index (κ3) is 6.07. The van der Waals surface area contributed by atoms with E-state index in [9.17, 15) is 38.4 Å². The summed E-state index contributed by atoms with van der Waals surface area (Å²) in [5, 5.41) is 0. The average molecular weight is 735 g/mol. The molecule has 2 atom stereocenters. The Bertz CT molecular complexity index is 2300. The molecule has 4 aliphatic rings. The summed E-state index contributed by atoms with van der Waals surface area (Å²) >= 11 is 0. The molecule has 0 radical (unpaired) electrons. The van der Waals surface area contributed by atoms with Crippen LogP contribution in [-0.4, -0.2) is 69.7 Å². The molecule has 0 saturated heterocycles. The summed E-state index contributed by atoms with van der Waals surface area (Å²) in [7, 11) is 0. The number of imide groups is 2. The van der Waals surface area contributed by atoms with E-state index in [2.05, 4.69) is 0 Å². The number of carbonyl (C=O) groups excluding carboxylic acids is 8. The second-order valence-electron chi connectivity index (χ2n) is 14.1. The van der Waals surface area contributed by atoms with Gasteiger partial charge in [0.15, 0.2) is 23.1 Å². The van der Waals surface area contributed by atoms with Gasteiger partial charge in [-0.3, -0.25) is 48.2 Å². The van der Waals surface area contributed by atoms with Gasteiger partial charge in [-0.25, -0.2) is 0 Å². The SMILES string of the molecule is CC(C)(c1cccc(Oc2ccc3c(c2)C(=O)C(CN2C(=O)C=CC2=O)C3=O)c1)c1cccc(Oc2ccc3c(c2)C(=O)C(CN2C(=O)C=CC2=O)C3=O)c1.